The lowest BCUT2D eigenvalue weighted by Gasteiger charge is -2.33. The topological polar surface area (TPSA) is 69.2 Å². The lowest BCUT2D eigenvalue weighted by molar-refractivity contribution is -0.130. The first kappa shape index (κ1) is 23.1. The second-order valence-corrected chi connectivity index (χ2v) is 7.48. The van der Waals surface area contributed by atoms with Gasteiger partial charge in [-0.3, -0.25) is 14.7 Å². The molecule has 1 saturated heterocycles. The van der Waals surface area contributed by atoms with Crippen LogP contribution in [0.15, 0.2) is 29.3 Å². The van der Waals surface area contributed by atoms with Gasteiger partial charge in [0.1, 0.15) is 11.9 Å². The largest absolute Gasteiger partial charge is 0.375 e. The van der Waals surface area contributed by atoms with Crippen molar-refractivity contribution >= 4 is 11.9 Å². The zero-order valence-corrected chi connectivity index (χ0v) is 17.9. The number of methoxy groups -OCH3 is 1. The van der Waals surface area contributed by atoms with Crippen LogP contribution in [0.3, 0.4) is 0 Å². The fourth-order valence-corrected chi connectivity index (χ4v) is 3.25. The van der Waals surface area contributed by atoms with Gasteiger partial charge in [-0.1, -0.05) is 12.1 Å². The number of piperidine rings is 1. The summed E-state index contributed by atoms with van der Waals surface area (Å²) in [6.07, 6.45) is 1.68. The van der Waals surface area contributed by atoms with Crippen molar-refractivity contribution in [1.29, 1.82) is 0 Å². The van der Waals surface area contributed by atoms with Gasteiger partial charge in [0, 0.05) is 46.9 Å². The number of nitrogens with zero attached hydrogens (tertiary/aromatic N) is 3. The Labute approximate surface area is 173 Å². The Balaban J connectivity index is 1.89. The Kier molecular flexibility index (Phi) is 9.34. The lowest BCUT2D eigenvalue weighted by Crippen LogP contribution is -2.50. The summed E-state index contributed by atoms with van der Waals surface area (Å²) in [5.74, 6) is 0.623. The number of benzene rings is 1. The molecule has 0 bridgehead atoms. The summed E-state index contributed by atoms with van der Waals surface area (Å²) in [7, 11) is 5.21. The van der Waals surface area contributed by atoms with Crippen molar-refractivity contribution in [2.24, 2.45) is 4.99 Å². The maximum Gasteiger partial charge on any atom is 0.236 e. The van der Waals surface area contributed by atoms with Crippen molar-refractivity contribution in [2.45, 2.75) is 31.9 Å². The Morgan fingerprint density at radius 3 is 2.52 bits per heavy atom. The minimum atomic E-state index is -0.263. The van der Waals surface area contributed by atoms with Gasteiger partial charge in [0.05, 0.1) is 13.1 Å². The normalized spacial score (nSPS) is 17.1. The van der Waals surface area contributed by atoms with Crippen LogP contribution in [0.25, 0.3) is 0 Å². The Morgan fingerprint density at radius 2 is 1.97 bits per heavy atom. The summed E-state index contributed by atoms with van der Waals surface area (Å²) in [5, 5.41) is 6.77. The first-order chi connectivity index (χ1) is 13.9. The van der Waals surface area contributed by atoms with Crippen molar-refractivity contribution in [2.75, 3.05) is 53.9 Å². The number of nitrogens with one attached hydrogen (secondary N) is 2. The van der Waals surface area contributed by atoms with Gasteiger partial charge in [-0.2, -0.15) is 0 Å². The van der Waals surface area contributed by atoms with Gasteiger partial charge in [0.2, 0.25) is 5.91 Å². The summed E-state index contributed by atoms with van der Waals surface area (Å²) in [6.45, 7) is 5.46. The molecule has 1 aliphatic heterocycles. The zero-order valence-electron chi connectivity index (χ0n) is 17.9. The molecule has 0 spiro atoms. The molecule has 1 heterocycles. The second kappa shape index (κ2) is 11.7. The molecular weight excluding hydrogens is 373 g/mol. The van der Waals surface area contributed by atoms with Crippen molar-refractivity contribution < 1.29 is 13.9 Å². The SMILES string of the molecule is CCNC(=NCC(OC)c1ccc(F)cc1)NC1CCN(CC(=O)N(C)C)CC1. The van der Waals surface area contributed by atoms with Crippen molar-refractivity contribution in [1.82, 2.24) is 20.4 Å². The molecule has 0 radical (unpaired) electrons. The highest BCUT2D eigenvalue weighted by molar-refractivity contribution is 5.80. The van der Waals surface area contributed by atoms with Gasteiger partial charge in [-0.25, -0.2) is 4.39 Å². The van der Waals surface area contributed by atoms with E-state index in [2.05, 4.69) is 20.5 Å². The highest BCUT2D eigenvalue weighted by Crippen LogP contribution is 2.17. The van der Waals surface area contributed by atoms with Crippen LogP contribution < -0.4 is 10.6 Å². The summed E-state index contributed by atoms with van der Waals surface area (Å²) >= 11 is 0. The number of likely N-dealkylation sites (N-methyl/N-ethyl adjacent to an activating group) is 1. The lowest BCUT2D eigenvalue weighted by atomic mass is 10.1. The van der Waals surface area contributed by atoms with Crippen LogP contribution in [0.2, 0.25) is 0 Å². The van der Waals surface area contributed by atoms with Crippen LogP contribution in [0, 0.1) is 5.82 Å². The minimum Gasteiger partial charge on any atom is -0.375 e. The van der Waals surface area contributed by atoms with Crippen LogP contribution in [0.5, 0.6) is 0 Å². The molecule has 1 aliphatic rings. The molecule has 0 aromatic heterocycles. The third-order valence-electron chi connectivity index (χ3n) is 5.07. The number of halogens is 1. The van der Waals surface area contributed by atoms with E-state index in [4.69, 9.17) is 4.74 Å². The third kappa shape index (κ3) is 7.62. The number of hydrogen-bond donors (Lipinski definition) is 2. The van der Waals surface area contributed by atoms with E-state index in [1.165, 1.54) is 12.1 Å². The number of hydrogen-bond acceptors (Lipinski definition) is 4. The van der Waals surface area contributed by atoms with Crippen molar-refractivity contribution in [3.05, 3.63) is 35.6 Å². The van der Waals surface area contributed by atoms with E-state index < -0.39 is 0 Å². The van der Waals surface area contributed by atoms with Gasteiger partial charge in [0.15, 0.2) is 5.96 Å². The molecule has 29 heavy (non-hydrogen) atoms. The average molecular weight is 408 g/mol. The molecule has 1 fully saturated rings. The molecule has 2 N–H and O–H groups in total. The van der Waals surface area contributed by atoms with E-state index in [-0.39, 0.29) is 17.8 Å². The number of carbonyl (C=O) groups excluding carboxylic acids is 1. The van der Waals surface area contributed by atoms with Gasteiger partial charge < -0.3 is 20.3 Å². The minimum absolute atomic E-state index is 0.137. The van der Waals surface area contributed by atoms with Crippen molar-refractivity contribution in [3.63, 3.8) is 0 Å². The number of ether oxygens (including phenoxy) is 1. The van der Waals surface area contributed by atoms with Gasteiger partial charge >= 0.3 is 0 Å². The highest BCUT2D eigenvalue weighted by Gasteiger charge is 2.22. The zero-order chi connectivity index (χ0) is 21.2. The van der Waals surface area contributed by atoms with Crippen LogP contribution in [-0.2, 0) is 9.53 Å². The number of guanidine groups is 1. The fraction of sp³-hybridized carbons (Fsp3) is 0.619. The van der Waals surface area contributed by atoms with Crippen LogP contribution >= 0.6 is 0 Å². The standard InChI is InChI=1S/C21H34FN5O2/c1-5-23-21(24-14-19(29-4)16-6-8-17(22)9-7-16)25-18-10-12-27(13-11-18)15-20(28)26(2)3/h6-9,18-19H,5,10-15H2,1-4H3,(H2,23,24,25). The Hall–Kier alpha value is -2.19. The molecule has 0 aliphatic carbocycles. The van der Waals surface area contributed by atoms with Crippen LogP contribution in [-0.4, -0.2) is 81.6 Å². The number of carbonyl (C=O) groups is 1. The molecular formula is C21H34FN5O2. The maximum atomic E-state index is 13.2. The summed E-state index contributed by atoms with van der Waals surface area (Å²) < 4.78 is 18.7. The third-order valence-corrected chi connectivity index (χ3v) is 5.07. The molecule has 1 aromatic rings. The molecule has 7 nitrogen and oxygen atoms in total. The number of aliphatic imine (C=N–C) groups is 1. The van der Waals surface area contributed by atoms with Crippen LogP contribution in [0.1, 0.15) is 31.4 Å². The molecule has 8 heteroatoms. The first-order valence-electron chi connectivity index (χ1n) is 10.2. The number of likely N-dealkylation sites (tertiary alicyclic amines) is 1. The van der Waals surface area contributed by atoms with Gasteiger partial charge in [0.25, 0.3) is 0 Å². The number of rotatable bonds is 8. The highest BCUT2D eigenvalue weighted by atomic mass is 19.1. The molecule has 1 amide bonds. The van der Waals surface area contributed by atoms with Crippen molar-refractivity contribution in [3.8, 4) is 0 Å². The molecule has 1 aromatic carbocycles. The molecule has 1 atom stereocenters. The molecule has 2 rings (SSSR count). The number of amides is 1. The quantitative estimate of drug-likeness (QED) is 0.506. The molecule has 162 valence electrons. The van der Waals surface area contributed by atoms with E-state index in [1.54, 1.807) is 38.2 Å². The average Bonchev–Trinajstić information content (AvgIpc) is 2.71. The monoisotopic (exact) mass is 407 g/mol. The van der Waals surface area contributed by atoms with E-state index >= 15 is 0 Å². The van der Waals surface area contributed by atoms with E-state index in [0.29, 0.717) is 19.1 Å². The maximum absolute atomic E-state index is 13.2. The molecule has 1 unspecified atom stereocenters. The predicted octanol–water partition coefficient (Wildman–Crippen LogP) is 1.62. The molecule has 0 saturated carbocycles. The predicted molar refractivity (Wildman–Crippen MR) is 113 cm³/mol. The second-order valence-electron chi connectivity index (χ2n) is 7.48. The Bertz CT molecular complexity index is 658. The Morgan fingerprint density at radius 1 is 1.31 bits per heavy atom. The van der Waals surface area contributed by atoms with Gasteiger partial charge in [-0.05, 0) is 37.5 Å². The first-order valence-corrected chi connectivity index (χ1v) is 10.2. The fourth-order valence-electron chi connectivity index (χ4n) is 3.25. The van der Waals surface area contributed by atoms with E-state index in [9.17, 15) is 9.18 Å². The smallest absolute Gasteiger partial charge is 0.236 e. The summed E-state index contributed by atoms with van der Waals surface area (Å²) in [4.78, 5) is 20.4. The van der Waals surface area contributed by atoms with Gasteiger partial charge in [-0.15, -0.1) is 0 Å². The summed E-state index contributed by atoms with van der Waals surface area (Å²) in [5.41, 5.74) is 0.896. The van der Waals surface area contributed by atoms with E-state index in [1.807, 2.05) is 6.92 Å². The summed E-state index contributed by atoms with van der Waals surface area (Å²) in [6, 6.07) is 6.63. The van der Waals surface area contributed by atoms with E-state index in [0.717, 1.165) is 44.0 Å². The van der Waals surface area contributed by atoms with Crippen LogP contribution in [0.4, 0.5) is 4.39 Å².